The summed E-state index contributed by atoms with van der Waals surface area (Å²) in [5, 5.41) is 0. The van der Waals surface area contributed by atoms with Crippen molar-refractivity contribution in [3.63, 3.8) is 0 Å². The number of aryl methyl sites for hydroxylation is 1. The van der Waals surface area contributed by atoms with E-state index in [0.717, 1.165) is 5.56 Å². The Hall–Kier alpha value is -1.22. The van der Waals surface area contributed by atoms with E-state index in [-0.39, 0.29) is 5.78 Å². The fourth-order valence-corrected chi connectivity index (χ4v) is 1.27. The van der Waals surface area contributed by atoms with Gasteiger partial charge in [-0.3, -0.25) is 9.78 Å². The highest BCUT2D eigenvalue weighted by Gasteiger charge is 2.21. The molecule has 0 saturated carbocycles. The molecule has 0 aromatic carbocycles. The molecule has 3 heteroatoms. The maximum Gasteiger partial charge on any atom is 0.167 e. The molecule has 0 amide bonds. The molecule has 0 N–H and O–H groups in total. The minimum absolute atomic E-state index is 0.0676. The Morgan fingerprint density at radius 1 is 1.47 bits per heavy atom. The molecule has 0 spiro atoms. The van der Waals surface area contributed by atoms with E-state index in [2.05, 4.69) is 4.98 Å². The number of ether oxygens (including phenoxy) is 1. The number of ketones is 1. The van der Waals surface area contributed by atoms with E-state index in [1.165, 1.54) is 0 Å². The average molecular weight is 207 g/mol. The molecule has 0 saturated heterocycles. The maximum absolute atomic E-state index is 11.9. The predicted octanol–water partition coefficient (Wildman–Crippen LogP) is 2.39. The number of carbonyl (C=O) groups is 1. The monoisotopic (exact) mass is 207 g/mol. The highest BCUT2D eigenvalue weighted by Crippen LogP contribution is 2.16. The predicted molar refractivity (Wildman–Crippen MR) is 59.0 cm³/mol. The largest absolute Gasteiger partial charge is 0.378 e. The topological polar surface area (TPSA) is 39.2 Å². The van der Waals surface area contributed by atoms with Crippen LogP contribution >= 0.6 is 0 Å². The van der Waals surface area contributed by atoms with Crippen molar-refractivity contribution < 1.29 is 9.53 Å². The standard InChI is InChI=1S/C12H17NO2/c1-9-5-10(8-13-7-9)11(14)6-12(2,3)15-4/h5,7-8H,6H2,1-4H3. The van der Waals surface area contributed by atoms with Crippen LogP contribution in [0.2, 0.25) is 0 Å². The molecule has 0 aliphatic rings. The summed E-state index contributed by atoms with van der Waals surface area (Å²) >= 11 is 0. The molecular weight excluding hydrogens is 190 g/mol. The summed E-state index contributed by atoms with van der Waals surface area (Å²) in [5.74, 6) is 0.0676. The lowest BCUT2D eigenvalue weighted by Gasteiger charge is -2.21. The Kier molecular flexibility index (Phi) is 3.58. The van der Waals surface area contributed by atoms with Gasteiger partial charge in [0.15, 0.2) is 5.78 Å². The number of nitrogens with zero attached hydrogens (tertiary/aromatic N) is 1. The van der Waals surface area contributed by atoms with Crippen molar-refractivity contribution >= 4 is 5.78 Å². The van der Waals surface area contributed by atoms with Crippen LogP contribution in [-0.4, -0.2) is 23.5 Å². The van der Waals surface area contributed by atoms with Gasteiger partial charge in [-0.25, -0.2) is 0 Å². The highest BCUT2D eigenvalue weighted by molar-refractivity contribution is 5.96. The van der Waals surface area contributed by atoms with Gasteiger partial charge in [-0.1, -0.05) is 0 Å². The second kappa shape index (κ2) is 4.53. The number of carbonyl (C=O) groups excluding carboxylic acids is 1. The number of methoxy groups -OCH3 is 1. The molecule has 1 heterocycles. The van der Waals surface area contributed by atoms with Gasteiger partial charge in [0, 0.05) is 31.5 Å². The molecule has 1 aromatic rings. The lowest BCUT2D eigenvalue weighted by Crippen LogP contribution is -2.26. The van der Waals surface area contributed by atoms with Crippen LogP contribution in [-0.2, 0) is 4.74 Å². The number of pyridine rings is 1. The molecule has 1 rings (SSSR count). The van der Waals surface area contributed by atoms with Crippen molar-refractivity contribution in [1.29, 1.82) is 0 Å². The van der Waals surface area contributed by atoms with Gasteiger partial charge in [-0.2, -0.15) is 0 Å². The molecule has 0 bridgehead atoms. The summed E-state index contributed by atoms with van der Waals surface area (Å²) in [5.41, 5.74) is 1.23. The highest BCUT2D eigenvalue weighted by atomic mass is 16.5. The minimum atomic E-state index is -0.416. The first-order chi connectivity index (χ1) is 6.94. The number of hydrogen-bond donors (Lipinski definition) is 0. The smallest absolute Gasteiger partial charge is 0.167 e. The Balaban J connectivity index is 2.78. The fraction of sp³-hybridized carbons (Fsp3) is 0.500. The molecule has 0 aliphatic carbocycles. The first-order valence-electron chi connectivity index (χ1n) is 4.94. The van der Waals surface area contributed by atoms with E-state index in [0.29, 0.717) is 12.0 Å². The Labute approximate surface area is 90.5 Å². The average Bonchev–Trinajstić information content (AvgIpc) is 2.17. The summed E-state index contributed by atoms with van der Waals surface area (Å²) in [6.45, 7) is 5.72. The molecule has 82 valence electrons. The van der Waals surface area contributed by atoms with Crippen LogP contribution in [0.5, 0.6) is 0 Å². The molecular formula is C12H17NO2. The number of aromatic nitrogens is 1. The maximum atomic E-state index is 11.9. The SMILES string of the molecule is COC(C)(C)CC(=O)c1cncc(C)c1. The van der Waals surface area contributed by atoms with Crippen LogP contribution in [0.4, 0.5) is 0 Å². The van der Waals surface area contributed by atoms with Crippen LogP contribution in [0, 0.1) is 6.92 Å². The summed E-state index contributed by atoms with van der Waals surface area (Å²) in [4.78, 5) is 15.9. The van der Waals surface area contributed by atoms with Gasteiger partial charge in [-0.05, 0) is 32.4 Å². The summed E-state index contributed by atoms with van der Waals surface area (Å²) in [7, 11) is 1.61. The second-order valence-electron chi connectivity index (χ2n) is 4.31. The molecule has 3 nitrogen and oxygen atoms in total. The van der Waals surface area contributed by atoms with E-state index < -0.39 is 5.60 Å². The molecule has 0 fully saturated rings. The van der Waals surface area contributed by atoms with Gasteiger partial charge in [0.25, 0.3) is 0 Å². The fourth-order valence-electron chi connectivity index (χ4n) is 1.27. The van der Waals surface area contributed by atoms with Crippen LogP contribution in [0.25, 0.3) is 0 Å². The van der Waals surface area contributed by atoms with Gasteiger partial charge in [0.2, 0.25) is 0 Å². The van der Waals surface area contributed by atoms with Crippen LogP contribution in [0.1, 0.15) is 36.2 Å². The Bertz CT molecular complexity index is 358. The number of rotatable bonds is 4. The second-order valence-corrected chi connectivity index (χ2v) is 4.31. The summed E-state index contributed by atoms with van der Waals surface area (Å²) in [6, 6.07) is 1.85. The van der Waals surface area contributed by atoms with Crippen molar-refractivity contribution in [2.24, 2.45) is 0 Å². The Morgan fingerprint density at radius 3 is 2.67 bits per heavy atom. The van der Waals surface area contributed by atoms with Gasteiger partial charge in [0.05, 0.1) is 5.60 Å². The van der Waals surface area contributed by atoms with E-state index >= 15 is 0 Å². The van der Waals surface area contributed by atoms with Gasteiger partial charge >= 0.3 is 0 Å². The third-order valence-electron chi connectivity index (χ3n) is 2.34. The zero-order valence-electron chi connectivity index (χ0n) is 9.70. The van der Waals surface area contributed by atoms with Crippen LogP contribution < -0.4 is 0 Å². The lowest BCUT2D eigenvalue weighted by molar-refractivity contribution is 0.0172. The Morgan fingerprint density at radius 2 is 2.13 bits per heavy atom. The third-order valence-corrected chi connectivity index (χ3v) is 2.34. The molecule has 1 aromatic heterocycles. The molecule has 15 heavy (non-hydrogen) atoms. The van der Waals surface area contributed by atoms with E-state index in [1.54, 1.807) is 19.5 Å². The van der Waals surface area contributed by atoms with E-state index in [9.17, 15) is 4.79 Å². The van der Waals surface area contributed by atoms with Crippen LogP contribution in [0.15, 0.2) is 18.5 Å². The van der Waals surface area contributed by atoms with Gasteiger partial charge in [-0.15, -0.1) is 0 Å². The molecule has 0 aliphatic heterocycles. The molecule has 0 unspecified atom stereocenters. The lowest BCUT2D eigenvalue weighted by atomic mass is 9.98. The normalized spacial score (nSPS) is 11.5. The zero-order valence-corrected chi connectivity index (χ0v) is 9.70. The molecule has 0 radical (unpaired) electrons. The van der Waals surface area contributed by atoms with E-state index in [4.69, 9.17) is 4.74 Å². The summed E-state index contributed by atoms with van der Waals surface area (Å²) < 4.78 is 5.22. The van der Waals surface area contributed by atoms with Crippen molar-refractivity contribution in [2.45, 2.75) is 32.8 Å². The van der Waals surface area contributed by atoms with Crippen molar-refractivity contribution in [2.75, 3.05) is 7.11 Å². The first kappa shape index (κ1) is 11.9. The van der Waals surface area contributed by atoms with Crippen molar-refractivity contribution in [3.8, 4) is 0 Å². The first-order valence-corrected chi connectivity index (χ1v) is 4.94. The minimum Gasteiger partial charge on any atom is -0.378 e. The van der Waals surface area contributed by atoms with E-state index in [1.807, 2.05) is 26.8 Å². The van der Waals surface area contributed by atoms with Crippen molar-refractivity contribution in [3.05, 3.63) is 29.6 Å². The third kappa shape index (κ3) is 3.44. The number of Topliss-reactive ketones (excluding diaryl/α,β-unsaturated/α-hetero) is 1. The zero-order chi connectivity index (χ0) is 11.5. The van der Waals surface area contributed by atoms with Gasteiger partial charge in [0.1, 0.15) is 0 Å². The van der Waals surface area contributed by atoms with Gasteiger partial charge < -0.3 is 4.74 Å². The number of hydrogen-bond acceptors (Lipinski definition) is 3. The summed E-state index contributed by atoms with van der Waals surface area (Å²) in [6.07, 6.45) is 3.70. The molecule has 0 atom stereocenters. The van der Waals surface area contributed by atoms with Crippen molar-refractivity contribution in [1.82, 2.24) is 4.98 Å². The quantitative estimate of drug-likeness (QED) is 0.711. The van der Waals surface area contributed by atoms with Crippen LogP contribution in [0.3, 0.4) is 0 Å².